The quantitative estimate of drug-likeness (QED) is 0.625. The number of nitrogens with one attached hydrogen (secondary N) is 2. The third kappa shape index (κ3) is 3.62. The van der Waals surface area contributed by atoms with Crippen LogP contribution < -0.4 is 10.6 Å². The molecule has 2 N–H and O–H groups in total. The molecule has 0 atom stereocenters. The topological polar surface area (TPSA) is 84.3 Å². The van der Waals surface area contributed by atoms with Crippen LogP contribution in [0.25, 0.3) is 0 Å². The zero-order chi connectivity index (χ0) is 17.3. The van der Waals surface area contributed by atoms with Crippen molar-refractivity contribution in [1.29, 1.82) is 0 Å². The van der Waals surface area contributed by atoms with Crippen LogP contribution in [0.2, 0.25) is 5.02 Å². The smallest absolute Gasteiger partial charge is 0.293 e. The predicted octanol–water partition coefficient (Wildman–Crippen LogP) is 4.21. The van der Waals surface area contributed by atoms with Gasteiger partial charge in [0.15, 0.2) is 0 Å². The van der Waals surface area contributed by atoms with Crippen molar-refractivity contribution in [3.63, 3.8) is 0 Å². The van der Waals surface area contributed by atoms with Gasteiger partial charge < -0.3 is 10.6 Å². The summed E-state index contributed by atoms with van der Waals surface area (Å²) in [5, 5.41) is 16.7. The summed E-state index contributed by atoms with van der Waals surface area (Å²) in [6.45, 7) is 0. The molecular weight excluding hydrogens is 337 g/mol. The maximum Gasteiger partial charge on any atom is 0.293 e. The first-order valence-corrected chi connectivity index (χ1v) is 7.63. The number of carbonyl (C=O) groups is 1. The number of rotatable bonds is 5. The highest BCUT2D eigenvalue weighted by Gasteiger charge is 2.25. The highest BCUT2D eigenvalue weighted by atomic mass is 35.5. The Kier molecular flexibility index (Phi) is 4.35. The second-order valence-electron chi connectivity index (χ2n) is 5.49. The Balaban J connectivity index is 1.82. The van der Waals surface area contributed by atoms with E-state index < -0.39 is 16.6 Å². The van der Waals surface area contributed by atoms with Gasteiger partial charge in [-0.25, -0.2) is 4.39 Å². The van der Waals surface area contributed by atoms with Gasteiger partial charge in [-0.05, 0) is 43.2 Å². The van der Waals surface area contributed by atoms with Crippen molar-refractivity contribution in [3.8, 4) is 0 Å². The van der Waals surface area contributed by atoms with Gasteiger partial charge in [0.25, 0.3) is 11.6 Å². The standard InChI is InChI=1S/C16H13ClFN3O3/c17-12-5-4-11(8-13(12)18)20-16(22)9-1-6-14(19-10-2-3-10)15(7-9)21(23)24/h1,4-8,10,19H,2-3H2,(H,20,22). The van der Waals surface area contributed by atoms with Crippen LogP contribution in [0.5, 0.6) is 0 Å². The minimum Gasteiger partial charge on any atom is -0.377 e. The summed E-state index contributed by atoms with van der Waals surface area (Å²) in [5.74, 6) is -1.23. The van der Waals surface area contributed by atoms with E-state index in [1.807, 2.05) is 0 Å². The average molecular weight is 350 g/mol. The summed E-state index contributed by atoms with van der Waals surface area (Å²) in [7, 11) is 0. The Bertz CT molecular complexity index is 824. The van der Waals surface area contributed by atoms with Crippen LogP contribution in [0.15, 0.2) is 36.4 Å². The van der Waals surface area contributed by atoms with Crippen LogP contribution in [0, 0.1) is 15.9 Å². The molecule has 2 aromatic rings. The molecule has 0 radical (unpaired) electrons. The van der Waals surface area contributed by atoms with Gasteiger partial charge in [0.05, 0.1) is 9.95 Å². The van der Waals surface area contributed by atoms with Crippen LogP contribution >= 0.6 is 11.6 Å². The molecule has 0 aliphatic heterocycles. The number of hydrogen-bond donors (Lipinski definition) is 2. The van der Waals surface area contributed by atoms with Gasteiger partial charge >= 0.3 is 0 Å². The van der Waals surface area contributed by atoms with Crippen LogP contribution in [0.1, 0.15) is 23.2 Å². The Labute approximate surface area is 141 Å². The zero-order valence-corrected chi connectivity index (χ0v) is 13.1. The predicted molar refractivity (Wildman–Crippen MR) is 89.1 cm³/mol. The molecule has 0 bridgehead atoms. The maximum atomic E-state index is 13.4. The van der Waals surface area contributed by atoms with E-state index in [1.165, 1.54) is 30.3 Å². The van der Waals surface area contributed by atoms with Gasteiger partial charge in [0.1, 0.15) is 11.5 Å². The second-order valence-corrected chi connectivity index (χ2v) is 5.90. The van der Waals surface area contributed by atoms with E-state index in [0.29, 0.717) is 5.69 Å². The largest absolute Gasteiger partial charge is 0.377 e. The lowest BCUT2D eigenvalue weighted by atomic mass is 10.1. The van der Waals surface area contributed by atoms with E-state index in [-0.39, 0.29) is 28.0 Å². The van der Waals surface area contributed by atoms with Crippen LogP contribution in [0.4, 0.5) is 21.5 Å². The number of anilines is 2. The number of halogens is 2. The maximum absolute atomic E-state index is 13.4. The molecule has 2 aromatic carbocycles. The molecule has 1 saturated carbocycles. The number of nitro groups is 1. The van der Waals surface area contributed by atoms with E-state index in [1.54, 1.807) is 0 Å². The van der Waals surface area contributed by atoms with Gasteiger partial charge in [-0.15, -0.1) is 0 Å². The van der Waals surface area contributed by atoms with E-state index in [0.717, 1.165) is 18.9 Å². The van der Waals surface area contributed by atoms with Crippen LogP contribution in [-0.4, -0.2) is 16.9 Å². The first-order chi connectivity index (χ1) is 11.4. The molecule has 1 aliphatic carbocycles. The third-order valence-electron chi connectivity index (χ3n) is 3.57. The number of amides is 1. The van der Waals surface area contributed by atoms with Crippen molar-refractivity contribution in [2.24, 2.45) is 0 Å². The van der Waals surface area contributed by atoms with Crippen LogP contribution in [-0.2, 0) is 0 Å². The molecular formula is C16H13ClFN3O3. The van der Waals surface area contributed by atoms with Gasteiger partial charge in [-0.3, -0.25) is 14.9 Å². The van der Waals surface area contributed by atoms with Crippen molar-refractivity contribution in [2.45, 2.75) is 18.9 Å². The highest BCUT2D eigenvalue weighted by Crippen LogP contribution is 2.31. The van der Waals surface area contributed by atoms with E-state index in [9.17, 15) is 19.3 Å². The molecule has 0 unspecified atom stereocenters. The fraction of sp³-hybridized carbons (Fsp3) is 0.188. The van der Waals surface area contributed by atoms with Crippen LogP contribution in [0.3, 0.4) is 0 Å². The Morgan fingerprint density at radius 3 is 2.62 bits per heavy atom. The molecule has 6 nitrogen and oxygen atoms in total. The summed E-state index contributed by atoms with van der Waals surface area (Å²) in [4.78, 5) is 22.9. The first kappa shape index (κ1) is 16.2. The second kappa shape index (κ2) is 6.45. The minimum atomic E-state index is -0.663. The Morgan fingerprint density at radius 2 is 2.00 bits per heavy atom. The normalized spacial score (nSPS) is 13.4. The van der Waals surface area contributed by atoms with Gasteiger partial charge in [0, 0.05) is 23.4 Å². The average Bonchev–Trinajstić information content (AvgIpc) is 3.35. The number of benzene rings is 2. The monoisotopic (exact) mass is 349 g/mol. The number of carbonyl (C=O) groups excluding carboxylic acids is 1. The lowest BCUT2D eigenvalue weighted by Crippen LogP contribution is -2.13. The molecule has 124 valence electrons. The van der Waals surface area contributed by atoms with E-state index in [4.69, 9.17) is 11.6 Å². The molecule has 0 spiro atoms. The van der Waals surface area contributed by atoms with Gasteiger partial charge in [-0.1, -0.05) is 11.6 Å². The Morgan fingerprint density at radius 1 is 1.25 bits per heavy atom. The van der Waals surface area contributed by atoms with Crippen molar-refractivity contribution >= 4 is 34.6 Å². The molecule has 3 rings (SSSR count). The molecule has 0 heterocycles. The van der Waals surface area contributed by atoms with Crippen molar-refractivity contribution in [1.82, 2.24) is 0 Å². The number of nitro benzene ring substituents is 1. The SMILES string of the molecule is O=C(Nc1ccc(Cl)c(F)c1)c1ccc(NC2CC2)c([N+](=O)[O-])c1. The molecule has 1 fully saturated rings. The van der Waals surface area contributed by atoms with Gasteiger partial charge in [0.2, 0.25) is 0 Å². The molecule has 1 amide bonds. The fourth-order valence-corrected chi connectivity index (χ4v) is 2.29. The summed E-state index contributed by atoms with van der Waals surface area (Å²) >= 11 is 5.58. The molecule has 0 aromatic heterocycles. The summed E-state index contributed by atoms with van der Waals surface area (Å²) in [6.07, 6.45) is 1.95. The van der Waals surface area contributed by atoms with Crippen molar-refractivity contribution < 1.29 is 14.1 Å². The number of nitrogens with zero attached hydrogens (tertiary/aromatic N) is 1. The number of hydrogen-bond acceptors (Lipinski definition) is 4. The summed E-state index contributed by atoms with van der Waals surface area (Å²) < 4.78 is 13.4. The first-order valence-electron chi connectivity index (χ1n) is 7.25. The summed E-state index contributed by atoms with van der Waals surface area (Å²) in [6, 6.07) is 8.29. The minimum absolute atomic E-state index is 0.0564. The van der Waals surface area contributed by atoms with Crippen molar-refractivity contribution in [3.05, 3.63) is 62.9 Å². The van der Waals surface area contributed by atoms with Crippen molar-refractivity contribution in [2.75, 3.05) is 10.6 Å². The molecule has 8 heteroatoms. The summed E-state index contributed by atoms with van der Waals surface area (Å²) in [5.41, 5.74) is 0.538. The van der Waals surface area contributed by atoms with Gasteiger partial charge in [-0.2, -0.15) is 0 Å². The Hall–Kier alpha value is -2.67. The lowest BCUT2D eigenvalue weighted by molar-refractivity contribution is -0.384. The lowest BCUT2D eigenvalue weighted by Gasteiger charge is -2.09. The fourth-order valence-electron chi connectivity index (χ4n) is 2.17. The zero-order valence-electron chi connectivity index (χ0n) is 12.4. The third-order valence-corrected chi connectivity index (χ3v) is 3.88. The molecule has 24 heavy (non-hydrogen) atoms. The molecule has 1 aliphatic rings. The molecule has 0 saturated heterocycles. The van der Waals surface area contributed by atoms with E-state index >= 15 is 0 Å². The highest BCUT2D eigenvalue weighted by molar-refractivity contribution is 6.30. The van der Waals surface area contributed by atoms with E-state index in [2.05, 4.69) is 10.6 Å².